The SMILES string of the molecule is C[S@](=O)CC(=N\N)/C(C[S@@](C)=O)=N\N. The molecule has 6 nitrogen and oxygen atoms in total. The maximum Gasteiger partial charge on any atom is 0.0966 e. The van der Waals surface area contributed by atoms with Gasteiger partial charge in [0.25, 0.3) is 0 Å². The van der Waals surface area contributed by atoms with E-state index in [2.05, 4.69) is 10.2 Å². The van der Waals surface area contributed by atoms with Crippen molar-refractivity contribution in [1.29, 1.82) is 0 Å². The van der Waals surface area contributed by atoms with Gasteiger partial charge in [-0.15, -0.1) is 0 Å². The summed E-state index contributed by atoms with van der Waals surface area (Å²) in [6.45, 7) is 0. The number of rotatable bonds is 5. The lowest BCUT2D eigenvalue weighted by Gasteiger charge is -2.04. The van der Waals surface area contributed by atoms with E-state index in [4.69, 9.17) is 11.7 Å². The van der Waals surface area contributed by atoms with Crippen LogP contribution in [0.2, 0.25) is 0 Å². The van der Waals surface area contributed by atoms with Crippen LogP contribution in [0.4, 0.5) is 0 Å². The van der Waals surface area contributed by atoms with Gasteiger partial charge in [-0.2, -0.15) is 10.2 Å². The highest BCUT2D eigenvalue weighted by atomic mass is 32.2. The fourth-order valence-electron chi connectivity index (χ4n) is 0.775. The second-order valence-electron chi connectivity index (χ2n) is 2.59. The van der Waals surface area contributed by atoms with Crippen LogP contribution < -0.4 is 11.7 Å². The van der Waals surface area contributed by atoms with E-state index in [1.807, 2.05) is 0 Å². The standard InChI is InChI=1S/C6H14N4O2S2/c1-13(11)3-5(9-7)6(10-8)4-14(2)12/h3-4,7-8H2,1-2H3/b9-5-,10-6+/t13-,14+/m1/s1. The Labute approximate surface area is 87.7 Å². The number of nitrogens with zero attached hydrogens (tertiary/aromatic N) is 2. The molecule has 0 aliphatic carbocycles. The molecule has 0 rings (SSSR count). The van der Waals surface area contributed by atoms with Crippen LogP contribution in [0.1, 0.15) is 0 Å². The number of hydrogen-bond acceptors (Lipinski definition) is 6. The van der Waals surface area contributed by atoms with Crippen LogP contribution in [0.25, 0.3) is 0 Å². The highest BCUT2D eigenvalue weighted by molar-refractivity contribution is 7.86. The molecular weight excluding hydrogens is 224 g/mol. The maximum absolute atomic E-state index is 10.9. The van der Waals surface area contributed by atoms with Gasteiger partial charge in [-0.05, 0) is 0 Å². The first-order valence-electron chi connectivity index (χ1n) is 3.65. The van der Waals surface area contributed by atoms with Gasteiger partial charge in [0, 0.05) is 34.1 Å². The van der Waals surface area contributed by atoms with Gasteiger partial charge in [0.15, 0.2) is 0 Å². The van der Waals surface area contributed by atoms with Crippen molar-refractivity contribution in [2.45, 2.75) is 0 Å². The fraction of sp³-hybridized carbons (Fsp3) is 0.667. The Balaban J connectivity index is 4.65. The molecule has 0 fully saturated rings. The van der Waals surface area contributed by atoms with Crippen LogP contribution in [0.5, 0.6) is 0 Å². The summed E-state index contributed by atoms with van der Waals surface area (Å²) in [4.78, 5) is 0. The summed E-state index contributed by atoms with van der Waals surface area (Å²) in [7, 11) is -2.16. The van der Waals surface area contributed by atoms with E-state index in [0.29, 0.717) is 11.4 Å². The molecule has 0 saturated carbocycles. The molecule has 0 aliphatic rings. The van der Waals surface area contributed by atoms with Gasteiger partial charge in [0.1, 0.15) is 0 Å². The molecule has 0 aromatic heterocycles. The van der Waals surface area contributed by atoms with E-state index in [1.54, 1.807) is 0 Å². The van der Waals surface area contributed by atoms with Crippen LogP contribution in [0.15, 0.2) is 10.2 Å². The lowest BCUT2D eigenvalue weighted by atomic mass is 10.3. The van der Waals surface area contributed by atoms with Gasteiger partial charge in [0.2, 0.25) is 0 Å². The third kappa shape index (κ3) is 5.07. The zero-order valence-electron chi connectivity index (χ0n) is 8.10. The second-order valence-corrected chi connectivity index (χ2v) is 5.46. The Morgan fingerprint density at radius 3 is 1.43 bits per heavy atom. The van der Waals surface area contributed by atoms with Crippen molar-refractivity contribution in [3.05, 3.63) is 0 Å². The predicted molar refractivity (Wildman–Crippen MR) is 61.1 cm³/mol. The van der Waals surface area contributed by atoms with Crippen LogP contribution in [0, 0.1) is 0 Å². The first-order chi connectivity index (χ1) is 6.51. The van der Waals surface area contributed by atoms with Crippen molar-refractivity contribution >= 4 is 33.0 Å². The van der Waals surface area contributed by atoms with Crippen molar-refractivity contribution < 1.29 is 8.42 Å². The molecule has 0 aromatic carbocycles. The molecule has 82 valence electrons. The highest BCUT2D eigenvalue weighted by Crippen LogP contribution is 1.90. The molecule has 2 atom stereocenters. The first kappa shape index (κ1) is 13.2. The van der Waals surface area contributed by atoms with E-state index in [9.17, 15) is 8.42 Å². The molecule has 0 amide bonds. The Bertz CT molecular complexity index is 270. The van der Waals surface area contributed by atoms with Gasteiger partial charge in [-0.3, -0.25) is 8.42 Å². The highest BCUT2D eigenvalue weighted by Gasteiger charge is 2.12. The zero-order chi connectivity index (χ0) is 11.1. The first-order valence-corrected chi connectivity index (χ1v) is 7.10. The molecule has 0 saturated heterocycles. The predicted octanol–water partition coefficient (Wildman–Crippen LogP) is -1.63. The molecule has 8 heteroatoms. The van der Waals surface area contributed by atoms with Crippen molar-refractivity contribution in [2.75, 3.05) is 24.0 Å². The largest absolute Gasteiger partial charge is 0.323 e. The summed E-state index contributed by atoms with van der Waals surface area (Å²) in [5, 5.41) is 6.86. The molecule has 14 heavy (non-hydrogen) atoms. The molecule has 0 unspecified atom stereocenters. The molecule has 0 spiro atoms. The summed E-state index contributed by atoms with van der Waals surface area (Å²) in [5.41, 5.74) is 0.673. The summed E-state index contributed by atoms with van der Waals surface area (Å²) in [6, 6.07) is 0. The molecule has 0 bridgehead atoms. The van der Waals surface area contributed by atoms with Crippen LogP contribution >= 0.6 is 0 Å². The average molecular weight is 238 g/mol. The van der Waals surface area contributed by atoms with Crippen molar-refractivity contribution in [1.82, 2.24) is 0 Å². The molecular formula is C6H14N4O2S2. The zero-order valence-corrected chi connectivity index (χ0v) is 9.73. The normalized spacial score (nSPS) is 17.9. The van der Waals surface area contributed by atoms with E-state index < -0.39 is 21.6 Å². The minimum absolute atomic E-state index is 0.170. The maximum atomic E-state index is 10.9. The summed E-state index contributed by atoms with van der Waals surface area (Å²) in [6.07, 6.45) is 3.03. The van der Waals surface area contributed by atoms with Crippen LogP contribution in [0.3, 0.4) is 0 Å². The third-order valence-corrected chi connectivity index (χ3v) is 2.68. The smallest absolute Gasteiger partial charge is 0.0966 e. The van der Waals surface area contributed by atoms with Gasteiger partial charge in [0.05, 0.1) is 22.9 Å². The average Bonchev–Trinajstić information content (AvgIpc) is 2.10. The van der Waals surface area contributed by atoms with E-state index >= 15 is 0 Å². The minimum atomic E-state index is -1.08. The Kier molecular flexibility index (Phi) is 6.30. The monoisotopic (exact) mass is 238 g/mol. The van der Waals surface area contributed by atoms with Crippen LogP contribution in [-0.2, 0) is 21.6 Å². The fourth-order valence-corrected chi connectivity index (χ4v) is 2.03. The Hall–Kier alpha value is -0.760. The van der Waals surface area contributed by atoms with Gasteiger partial charge in [-0.1, -0.05) is 0 Å². The molecule has 0 aliphatic heterocycles. The molecule has 4 N–H and O–H groups in total. The van der Waals surface area contributed by atoms with E-state index in [0.717, 1.165) is 0 Å². The third-order valence-electron chi connectivity index (χ3n) is 1.32. The van der Waals surface area contributed by atoms with E-state index in [-0.39, 0.29) is 11.5 Å². The van der Waals surface area contributed by atoms with Gasteiger partial charge < -0.3 is 11.7 Å². The number of nitrogens with two attached hydrogens (primary N) is 2. The van der Waals surface area contributed by atoms with Crippen molar-refractivity contribution in [3.63, 3.8) is 0 Å². The van der Waals surface area contributed by atoms with Crippen molar-refractivity contribution in [2.24, 2.45) is 21.9 Å². The molecule has 0 heterocycles. The molecule has 0 radical (unpaired) electrons. The topological polar surface area (TPSA) is 111 Å². The van der Waals surface area contributed by atoms with Gasteiger partial charge >= 0.3 is 0 Å². The summed E-state index contributed by atoms with van der Waals surface area (Å²) >= 11 is 0. The van der Waals surface area contributed by atoms with Crippen LogP contribution in [-0.4, -0.2) is 43.9 Å². The lowest BCUT2D eigenvalue weighted by molar-refractivity contribution is 0.688. The van der Waals surface area contributed by atoms with Gasteiger partial charge in [-0.25, -0.2) is 0 Å². The Morgan fingerprint density at radius 2 is 1.29 bits per heavy atom. The molecule has 0 aromatic rings. The minimum Gasteiger partial charge on any atom is -0.323 e. The van der Waals surface area contributed by atoms with E-state index in [1.165, 1.54) is 12.5 Å². The lowest BCUT2D eigenvalue weighted by Crippen LogP contribution is -2.28. The second kappa shape index (κ2) is 6.66. The summed E-state index contributed by atoms with van der Waals surface area (Å²) in [5.74, 6) is 10.5. The quantitative estimate of drug-likeness (QED) is 0.340. The summed E-state index contributed by atoms with van der Waals surface area (Å²) < 4.78 is 21.8. The van der Waals surface area contributed by atoms with Crippen molar-refractivity contribution in [3.8, 4) is 0 Å². The number of hydrogen-bond donors (Lipinski definition) is 2. The Morgan fingerprint density at radius 1 is 1.00 bits per heavy atom. The number of hydrazone groups is 2.